The number of fused-ring (bicyclic) bond motifs is 1. The first-order chi connectivity index (χ1) is 13.5. The van der Waals surface area contributed by atoms with Crippen LogP contribution in [0.3, 0.4) is 0 Å². The molecule has 8 nitrogen and oxygen atoms in total. The first-order valence-corrected chi connectivity index (χ1v) is 10.4. The van der Waals surface area contributed by atoms with Crippen LogP contribution in [0.1, 0.15) is 54.8 Å². The van der Waals surface area contributed by atoms with Gasteiger partial charge < -0.3 is 15.2 Å². The van der Waals surface area contributed by atoms with Crippen LogP contribution >= 0.6 is 24.0 Å². The van der Waals surface area contributed by atoms with Crippen molar-refractivity contribution in [2.75, 3.05) is 13.6 Å². The number of aromatic nitrogens is 5. The molecule has 0 amide bonds. The summed E-state index contributed by atoms with van der Waals surface area (Å²) in [6, 6.07) is 0.261. The molecule has 0 fully saturated rings. The van der Waals surface area contributed by atoms with Gasteiger partial charge in [0.25, 0.3) is 0 Å². The number of hydrogen-bond acceptors (Lipinski definition) is 4. The molecule has 9 heteroatoms. The molecule has 0 radical (unpaired) electrons. The lowest BCUT2D eigenvalue weighted by atomic mass is 10.1. The fourth-order valence-electron chi connectivity index (χ4n) is 3.92. The Hall–Kier alpha value is -1.65. The third-order valence-corrected chi connectivity index (χ3v) is 5.60. The third kappa shape index (κ3) is 5.93. The van der Waals surface area contributed by atoms with E-state index in [1.165, 1.54) is 30.5 Å². The topological polar surface area (TPSA) is 84.9 Å². The smallest absolute Gasteiger partial charge is 0.191 e. The van der Waals surface area contributed by atoms with Gasteiger partial charge in [0.1, 0.15) is 11.6 Å². The predicted octanol–water partition coefficient (Wildman–Crippen LogP) is 2.31. The van der Waals surface area contributed by atoms with Gasteiger partial charge in [-0.25, -0.2) is 0 Å². The van der Waals surface area contributed by atoms with Gasteiger partial charge in [-0.1, -0.05) is 6.42 Å². The summed E-state index contributed by atoms with van der Waals surface area (Å²) in [5.41, 5.74) is 3.63. The van der Waals surface area contributed by atoms with Gasteiger partial charge in [-0.05, 0) is 45.6 Å². The summed E-state index contributed by atoms with van der Waals surface area (Å²) in [5.74, 6) is 3.04. The largest absolute Gasteiger partial charge is 0.356 e. The van der Waals surface area contributed by atoms with Gasteiger partial charge in [0, 0.05) is 51.8 Å². The monoisotopic (exact) mass is 514 g/mol. The summed E-state index contributed by atoms with van der Waals surface area (Å²) in [4.78, 5) is 4.37. The second-order valence-corrected chi connectivity index (χ2v) is 7.77. The van der Waals surface area contributed by atoms with E-state index in [1.54, 1.807) is 0 Å². The highest BCUT2D eigenvalue weighted by Gasteiger charge is 2.16. The van der Waals surface area contributed by atoms with Crippen molar-refractivity contribution in [3.8, 4) is 0 Å². The molecule has 0 saturated heterocycles. The zero-order valence-electron chi connectivity index (χ0n) is 18.3. The average Bonchev–Trinajstić information content (AvgIpc) is 3.04. The maximum absolute atomic E-state index is 4.51. The Labute approximate surface area is 191 Å². The third-order valence-electron chi connectivity index (χ3n) is 5.60. The second-order valence-electron chi connectivity index (χ2n) is 7.77. The van der Waals surface area contributed by atoms with E-state index in [2.05, 4.69) is 56.3 Å². The maximum atomic E-state index is 4.51. The zero-order chi connectivity index (χ0) is 20.1. The molecular weight excluding hydrogens is 479 g/mol. The molecule has 2 aromatic heterocycles. The van der Waals surface area contributed by atoms with Crippen LogP contribution in [-0.4, -0.2) is 50.1 Å². The molecule has 3 heterocycles. The van der Waals surface area contributed by atoms with E-state index < -0.39 is 0 Å². The van der Waals surface area contributed by atoms with Gasteiger partial charge in [0.05, 0.1) is 5.69 Å². The van der Waals surface area contributed by atoms with Crippen molar-refractivity contribution in [2.24, 2.45) is 12.0 Å². The zero-order valence-corrected chi connectivity index (χ0v) is 20.7. The van der Waals surface area contributed by atoms with Gasteiger partial charge in [-0.2, -0.15) is 5.10 Å². The molecule has 0 aliphatic carbocycles. The van der Waals surface area contributed by atoms with Crippen molar-refractivity contribution in [3.05, 3.63) is 28.6 Å². The van der Waals surface area contributed by atoms with Crippen molar-refractivity contribution in [1.82, 2.24) is 35.2 Å². The summed E-state index contributed by atoms with van der Waals surface area (Å²) < 4.78 is 4.26. The molecule has 0 bridgehead atoms. The Morgan fingerprint density at radius 3 is 2.69 bits per heavy atom. The van der Waals surface area contributed by atoms with Gasteiger partial charge in [-0.3, -0.25) is 9.67 Å². The van der Waals surface area contributed by atoms with E-state index in [0.29, 0.717) is 0 Å². The molecule has 0 saturated carbocycles. The molecule has 0 aromatic carbocycles. The minimum Gasteiger partial charge on any atom is -0.356 e. The van der Waals surface area contributed by atoms with Gasteiger partial charge >= 0.3 is 0 Å². The van der Waals surface area contributed by atoms with Crippen LogP contribution < -0.4 is 10.6 Å². The van der Waals surface area contributed by atoms with Gasteiger partial charge in [-0.15, -0.1) is 34.2 Å². The molecule has 29 heavy (non-hydrogen) atoms. The summed E-state index contributed by atoms with van der Waals surface area (Å²) in [7, 11) is 3.81. The van der Waals surface area contributed by atoms with Gasteiger partial charge in [0.15, 0.2) is 5.96 Å². The number of guanidine groups is 1. The van der Waals surface area contributed by atoms with Crippen molar-refractivity contribution in [1.29, 1.82) is 0 Å². The number of nitrogens with one attached hydrogen (secondary N) is 2. The van der Waals surface area contributed by atoms with E-state index in [0.717, 1.165) is 55.7 Å². The lowest BCUT2D eigenvalue weighted by Crippen LogP contribution is -2.43. The van der Waals surface area contributed by atoms with Crippen LogP contribution in [0.2, 0.25) is 0 Å². The fraction of sp³-hybridized carbons (Fsp3) is 0.700. The Bertz CT molecular complexity index is 823. The fourth-order valence-corrected chi connectivity index (χ4v) is 3.92. The summed E-state index contributed by atoms with van der Waals surface area (Å²) in [5, 5.41) is 20.2. The molecule has 1 aliphatic rings. The number of hydrogen-bond donors (Lipinski definition) is 2. The highest BCUT2D eigenvalue weighted by Crippen LogP contribution is 2.15. The predicted molar refractivity (Wildman–Crippen MR) is 127 cm³/mol. The number of halogens is 1. The molecule has 162 valence electrons. The van der Waals surface area contributed by atoms with Crippen LogP contribution in [0.4, 0.5) is 0 Å². The minimum absolute atomic E-state index is 0. The molecule has 1 atom stereocenters. The quantitative estimate of drug-likeness (QED) is 0.351. The summed E-state index contributed by atoms with van der Waals surface area (Å²) >= 11 is 0. The molecular formula is C20H35IN8. The van der Waals surface area contributed by atoms with Crippen molar-refractivity contribution >= 4 is 29.9 Å². The number of aliphatic imine (C=N–C) groups is 1. The summed E-state index contributed by atoms with van der Waals surface area (Å²) in [6.45, 7) is 8.21. The highest BCUT2D eigenvalue weighted by molar-refractivity contribution is 14.0. The van der Waals surface area contributed by atoms with Crippen molar-refractivity contribution in [3.63, 3.8) is 0 Å². The van der Waals surface area contributed by atoms with E-state index in [4.69, 9.17) is 0 Å². The van der Waals surface area contributed by atoms with Gasteiger partial charge in [0.2, 0.25) is 0 Å². The van der Waals surface area contributed by atoms with E-state index >= 15 is 0 Å². The molecule has 2 N–H and O–H groups in total. The Morgan fingerprint density at radius 1 is 1.21 bits per heavy atom. The number of aryl methyl sites for hydroxylation is 3. The van der Waals surface area contributed by atoms with Crippen LogP contribution in [0.5, 0.6) is 0 Å². The SMILES string of the molecule is CN=C(NCCc1nnc2n1CCCCC2)NC(C)Cc1c(C)nn(C)c1C.I. The first-order valence-electron chi connectivity index (χ1n) is 10.4. The van der Waals surface area contributed by atoms with Crippen LogP contribution in [0.15, 0.2) is 4.99 Å². The lowest BCUT2D eigenvalue weighted by molar-refractivity contribution is 0.596. The molecule has 2 aromatic rings. The average molecular weight is 514 g/mol. The number of rotatable bonds is 6. The van der Waals surface area contributed by atoms with Crippen molar-refractivity contribution in [2.45, 2.75) is 71.9 Å². The maximum Gasteiger partial charge on any atom is 0.191 e. The van der Waals surface area contributed by atoms with Crippen molar-refractivity contribution < 1.29 is 0 Å². The highest BCUT2D eigenvalue weighted by atomic mass is 127. The molecule has 0 spiro atoms. The molecule has 1 unspecified atom stereocenters. The number of nitrogens with zero attached hydrogens (tertiary/aromatic N) is 6. The lowest BCUT2D eigenvalue weighted by Gasteiger charge is -2.18. The van der Waals surface area contributed by atoms with E-state index in [9.17, 15) is 0 Å². The molecule has 1 aliphatic heterocycles. The van der Waals surface area contributed by atoms with Crippen LogP contribution in [0.25, 0.3) is 0 Å². The van der Waals surface area contributed by atoms with Crippen LogP contribution in [-0.2, 0) is 32.9 Å². The van der Waals surface area contributed by atoms with E-state index in [-0.39, 0.29) is 30.0 Å². The van der Waals surface area contributed by atoms with E-state index in [1.807, 2.05) is 18.8 Å². The minimum atomic E-state index is 0. The second kappa shape index (κ2) is 10.9. The van der Waals surface area contributed by atoms with Crippen LogP contribution in [0, 0.1) is 13.8 Å². The Morgan fingerprint density at radius 2 is 2.00 bits per heavy atom. The standard InChI is InChI=1S/C20H34N8.HI/c1-14(13-17-15(2)26-27(5)16(17)3)23-20(21-4)22-11-10-19-25-24-18-9-7-6-8-12-28(18)19;/h14H,6-13H2,1-5H3,(H2,21,22,23);1H. The molecule has 3 rings (SSSR count). The Balaban J connectivity index is 0.00000300. The Kier molecular flexibility index (Phi) is 8.91. The first kappa shape index (κ1) is 23.6. The summed E-state index contributed by atoms with van der Waals surface area (Å²) in [6.07, 6.45) is 6.55. The normalized spacial score (nSPS) is 15.3.